The van der Waals surface area contributed by atoms with Crippen LogP contribution >= 0.6 is 0 Å². The van der Waals surface area contributed by atoms with Crippen molar-refractivity contribution >= 4 is 11.7 Å². The Morgan fingerprint density at radius 3 is 2.47 bits per heavy atom. The van der Waals surface area contributed by atoms with Gasteiger partial charge in [-0.15, -0.1) is 0 Å². The molecule has 2 N–H and O–H groups in total. The van der Waals surface area contributed by atoms with Gasteiger partial charge in [0, 0.05) is 6.07 Å². The van der Waals surface area contributed by atoms with E-state index in [0.29, 0.717) is 5.56 Å². The van der Waals surface area contributed by atoms with Crippen molar-refractivity contribution in [3.05, 3.63) is 59.9 Å². The monoisotopic (exact) mass is 231 g/mol. The van der Waals surface area contributed by atoms with Crippen LogP contribution in [0.4, 0.5) is 10.1 Å². The van der Waals surface area contributed by atoms with Crippen molar-refractivity contribution in [1.82, 2.24) is 0 Å². The third-order valence-corrected chi connectivity index (χ3v) is 2.19. The standard InChI is InChI=1S/C13H10FNO2/c14-11-7-6-10(8-12(11)15)17-13(16)9-4-2-1-3-5-9/h1-8H,15H2. The van der Waals surface area contributed by atoms with E-state index in [1.165, 1.54) is 12.1 Å². The molecular weight excluding hydrogens is 221 g/mol. The molecule has 0 atom stereocenters. The maximum absolute atomic E-state index is 12.9. The zero-order chi connectivity index (χ0) is 12.3. The molecule has 0 fully saturated rings. The summed E-state index contributed by atoms with van der Waals surface area (Å²) in [6.45, 7) is 0. The molecule has 2 aromatic carbocycles. The van der Waals surface area contributed by atoms with E-state index in [-0.39, 0.29) is 11.4 Å². The molecule has 4 heteroatoms. The van der Waals surface area contributed by atoms with Crippen LogP contribution in [0.1, 0.15) is 10.4 Å². The first-order chi connectivity index (χ1) is 8.16. The number of rotatable bonds is 2. The van der Waals surface area contributed by atoms with Crippen LogP contribution in [0.25, 0.3) is 0 Å². The maximum atomic E-state index is 12.9. The van der Waals surface area contributed by atoms with Gasteiger partial charge in [-0.05, 0) is 24.3 Å². The number of esters is 1. The summed E-state index contributed by atoms with van der Waals surface area (Å²) < 4.78 is 17.9. The zero-order valence-corrected chi connectivity index (χ0v) is 8.89. The van der Waals surface area contributed by atoms with Crippen LogP contribution in [0.3, 0.4) is 0 Å². The first kappa shape index (κ1) is 11.1. The lowest BCUT2D eigenvalue weighted by molar-refractivity contribution is 0.0735. The van der Waals surface area contributed by atoms with Crippen LogP contribution in [-0.2, 0) is 0 Å². The second-order valence-corrected chi connectivity index (χ2v) is 3.44. The molecule has 0 aromatic heterocycles. The van der Waals surface area contributed by atoms with E-state index in [0.717, 1.165) is 6.07 Å². The molecule has 0 heterocycles. The molecule has 0 aliphatic rings. The highest BCUT2D eigenvalue weighted by molar-refractivity contribution is 5.91. The highest BCUT2D eigenvalue weighted by Gasteiger charge is 2.08. The summed E-state index contributed by atoms with van der Waals surface area (Å²) >= 11 is 0. The Labute approximate surface area is 97.6 Å². The Morgan fingerprint density at radius 1 is 1.12 bits per heavy atom. The minimum Gasteiger partial charge on any atom is -0.423 e. The largest absolute Gasteiger partial charge is 0.423 e. The molecule has 3 nitrogen and oxygen atoms in total. The van der Waals surface area contributed by atoms with Crippen molar-refractivity contribution in [3.63, 3.8) is 0 Å². The van der Waals surface area contributed by atoms with Crippen LogP contribution in [0, 0.1) is 5.82 Å². The van der Waals surface area contributed by atoms with Crippen LogP contribution in [0.15, 0.2) is 48.5 Å². The number of halogens is 1. The molecule has 0 amide bonds. The molecule has 2 aromatic rings. The predicted molar refractivity (Wildman–Crippen MR) is 62.2 cm³/mol. The maximum Gasteiger partial charge on any atom is 0.343 e. The normalized spacial score (nSPS) is 9.94. The lowest BCUT2D eigenvalue weighted by Crippen LogP contribution is -2.08. The van der Waals surface area contributed by atoms with Gasteiger partial charge in [-0.2, -0.15) is 0 Å². The molecule has 0 unspecified atom stereocenters. The highest BCUT2D eigenvalue weighted by Crippen LogP contribution is 2.19. The van der Waals surface area contributed by atoms with E-state index in [1.54, 1.807) is 30.3 Å². The van der Waals surface area contributed by atoms with Crippen molar-refractivity contribution in [2.24, 2.45) is 0 Å². The minimum absolute atomic E-state index is 0.0524. The summed E-state index contributed by atoms with van der Waals surface area (Å²) in [7, 11) is 0. The molecule has 0 saturated carbocycles. The van der Waals surface area contributed by atoms with Gasteiger partial charge in [0.1, 0.15) is 11.6 Å². The van der Waals surface area contributed by atoms with Gasteiger partial charge in [-0.25, -0.2) is 9.18 Å². The first-order valence-corrected chi connectivity index (χ1v) is 4.99. The SMILES string of the molecule is Nc1cc(OC(=O)c2ccccc2)ccc1F. The average molecular weight is 231 g/mol. The zero-order valence-electron chi connectivity index (χ0n) is 8.89. The first-order valence-electron chi connectivity index (χ1n) is 4.99. The Bertz CT molecular complexity index is 540. The number of anilines is 1. The topological polar surface area (TPSA) is 52.3 Å². The summed E-state index contributed by atoms with van der Waals surface area (Å²) in [6, 6.07) is 12.3. The fraction of sp³-hybridized carbons (Fsp3) is 0. The van der Waals surface area contributed by atoms with Gasteiger partial charge < -0.3 is 10.5 Å². The van der Waals surface area contributed by atoms with E-state index in [2.05, 4.69) is 0 Å². The second kappa shape index (κ2) is 4.65. The van der Waals surface area contributed by atoms with Gasteiger partial charge >= 0.3 is 5.97 Å². The van der Waals surface area contributed by atoms with Crippen LogP contribution in [-0.4, -0.2) is 5.97 Å². The molecule has 0 bridgehead atoms. The van der Waals surface area contributed by atoms with Crippen LogP contribution < -0.4 is 10.5 Å². The van der Waals surface area contributed by atoms with E-state index in [9.17, 15) is 9.18 Å². The van der Waals surface area contributed by atoms with Crippen molar-refractivity contribution in [2.45, 2.75) is 0 Å². The summed E-state index contributed by atoms with van der Waals surface area (Å²) in [6.07, 6.45) is 0. The third-order valence-electron chi connectivity index (χ3n) is 2.19. The molecule has 2 rings (SSSR count). The lowest BCUT2D eigenvalue weighted by atomic mass is 10.2. The van der Waals surface area contributed by atoms with Crippen LogP contribution in [0.2, 0.25) is 0 Å². The molecule has 0 aliphatic heterocycles. The van der Waals surface area contributed by atoms with Gasteiger partial charge in [-0.1, -0.05) is 18.2 Å². The average Bonchev–Trinajstić information content (AvgIpc) is 2.35. The Morgan fingerprint density at radius 2 is 1.82 bits per heavy atom. The number of nitrogen functional groups attached to an aromatic ring is 1. The highest BCUT2D eigenvalue weighted by atomic mass is 19.1. The van der Waals surface area contributed by atoms with E-state index in [4.69, 9.17) is 10.5 Å². The smallest absolute Gasteiger partial charge is 0.343 e. The van der Waals surface area contributed by atoms with E-state index < -0.39 is 11.8 Å². The van der Waals surface area contributed by atoms with Gasteiger partial charge in [0.15, 0.2) is 0 Å². The molecule has 17 heavy (non-hydrogen) atoms. The predicted octanol–water partition coefficient (Wildman–Crippen LogP) is 2.63. The van der Waals surface area contributed by atoms with Crippen molar-refractivity contribution in [1.29, 1.82) is 0 Å². The summed E-state index contributed by atoms with van der Waals surface area (Å²) in [5.74, 6) is -0.820. The quantitative estimate of drug-likeness (QED) is 0.491. The summed E-state index contributed by atoms with van der Waals surface area (Å²) in [5.41, 5.74) is 5.74. The van der Waals surface area contributed by atoms with Gasteiger partial charge in [0.2, 0.25) is 0 Å². The van der Waals surface area contributed by atoms with Crippen molar-refractivity contribution < 1.29 is 13.9 Å². The van der Waals surface area contributed by atoms with Crippen LogP contribution in [0.5, 0.6) is 5.75 Å². The molecular formula is C13H10FNO2. The number of ether oxygens (including phenoxy) is 1. The molecule has 0 radical (unpaired) electrons. The summed E-state index contributed by atoms with van der Waals surface area (Å²) in [4.78, 5) is 11.7. The van der Waals surface area contributed by atoms with Gasteiger partial charge in [-0.3, -0.25) is 0 Å². The summed E-state index contributed by atoms with van der Waals surface area (Å²) in [5, 5.41) is 0. The molecule has 86 valence electrons. The third kappa shape index (κ3) is 2.60. The number of carbonyl (C=O) groups is 1. The number of nitrogens with two attached hydrogens (primary N) is 1. The Balaban J connectivity index is 2.16. The van der Waals surface area contributed by atoms with E-state index >= 15 is 0 Å². The van der Waals surface area contributed by atoms with Crippen molar-refractivity contribution in [3.8, 4) is 5.75 Å². The lowest BCUT2D eigenvalue weighted by Gasteiger charge is -2.05. The van der Waals surface area contributed by atoms with Crippen molar-refractivity contribution in [2.75, 3.05) is 5.73 Å². The fourth-order valence-corrected chi connectivity index (χ4v) is 1.33. The minimum atomic E-state index is -0.537. The van der Waals surface area contributed by atoms with Gasteiger partial charge in [0.25, 0.3) is 0 Å². The number of hydrogen-bond acceptors (Lipinski definition) is 3. The molecule has 0 aliphatic carbocycles. The fourth-order valence-electron chi connectivity index (χ4n) is 1.33. The van der Waals surface area contributed by atoms with Gasteiger partial charge in [0.05, 0.1) is 11.3 Å². The molecule has 0 spiro atoms. The Hall–Kier alpha value is -2.36. The number of hydrogen-bond donors (Lipinski definition) is 1. The van der Waals surface area contributed by atoms with E-state index in [1.807, 2.05) is 0 Å². The number of carbonyl (C=O) groups excluding carboxylic acids is 1. The second-order valence-electron chi connectivity index (χ2n) is 3.44. The number of benzene rings is 2. The molecule has 0 saturated heterocycles. The Kier molecular flexibility index (Phi) is 3.05.